The Hall–Kier alpha value is -1.22. The van der Waals surface area contributed by atoms with E-state index in [1.165, 1.54) is 0 Å². The zero-order valence-electron chi connectivity index (χ0n) is 10.4. The molecule has 1 aromatic carbocycles. The fraction of sp³-hybridized carbons (Fsp3) is 0.462. The lowest BCUT2D eigenvalue weighted by molar-refractivity contribution is 0.0796. The first-order valence-corrected chi connectivity index (χ1v) is 6.10. The number of carbonyl (C=O) groups excluding carboxylic acids is 1. The van der Waals surface area contributed by atoms with E-state index in [-0.39, 0.29) is 11.3 Å². The van der Waals surface area contributed by atoms with Crippen LogP contribution in [0.5, 0.6) is 5.75 Å². The van der Waals surface area contributed by atoms with Crippen LogP contribution in [0, 0.1) is 0 Å². The number of halogens is 1. The van der Waals surface area contributed by atoms with Gasteiger partial charge in [-0.15, -0.1) is 11.6 Å². The summed E-state index contributed by atoms with van der Waals surface area (Å²) < 4.78 is 5.32. The van der Waals surface area contributed by atoms with Crippen molar-refractivity contribution < 1.29 is 9.53 Å². The summed E-state index contributed by atoms with van der Waals surface area (Å²) in [5, 5.41) is -0.0494. The van der Waals surface area contributed by atoms with Gasteiger partial charge < -0.3 is 9.64 Å². The Kier molecular flexibility index (Phi) is 5.29. The van der Waals surface area contributed by atoms with Crippen LogP contribution in [0.4, 0.5) is 0 Å². The highest BCUT2D eigenvalue weighted by atomic mass is 35.5. The van der Waals surface area contributed by atoms with Gasteiger partial charge in [0.05, 0.1) is 6.61 Å². The number of amides is 1. The van der Waals surface area contributed by atoms with Crippen molar-refractivity contribution in [3.8, 4) is 5.75 Å². The Morgan fingerprint density at radius 1 is 1.41 bits per heavy atom. The van der Waals surface area contributed by atoms with Crippen molar-refractivity contribution in [2.45, 2.75) is 19.2 Å². The van der Waals surface area contributed by atoms with Crippen LogP contribution in [0.1, 0.15) is 24.2 Å². The van der Waals surface area contributed by atoms with E-state index in [9.17, 15) is 4.79 Å². The highest BCUT2D eigenvalue weighted by molar-refractivity contribution is 6.20. The van der Waals surface area contributed by atoms with Crippen molar-refractivity contribution in [3.63, 3.8) is 0 Å². The average molecular weight is 256 g/mol. The van der Waals surface area contributed by atoms with Crippen LogP contribution in [0.3, 0.4) is 0 Å². The summed E-state index contributed by atoms with van der Waals surface area (Å²) in [4.78, 5) is 13.6. The van der Waals surface area contributed by atoms with Gasteiger partial charge in [-0.2, -0.15) is 0 Å². The van der Waals surface area contributed by atoms with Crippen molar-refractivity contribution in [1.82, 2.24) is 4.90 Å². The maximum absolute atomic E-state index is 12.0. The molecule has 0 aromatic heterocycles. The van der Waals surface area contributed by atoms with Crippen LogP contribution in [-0.4, -0.2) is 36.4 Å². The van der Waals surface area contributed by atoms with E-state index in [1.54, 1.807) is 36.2 Å². The molecule has 0 radical (unpaired) electrons. The second kappa shape index (κ2) is 6.50. The molecule has 0 aliphatic heterocycles. The van der Waals surface area contributed by atoms with Gasteiger partial charge in [0.2, 0.25) is 0 Å². The monoisotopic (exact) mass is 255 g/mol. The lowest BCUT2D eigenvalue weighted by atomic mass is 10.2. The van der Waals surface area contributed by atoms with Gasteiger partial charge in [0.25, 0.3) is 5.91 Å². The van der Waals surface area contributed by atoms with E-state index in [0.717, 1.165) is 5.75 Å². The molecule has 0 aliphatic rings. The standard InChI is InChI=1S/C13H18ClNO2/c1-4-17-12-7-5-11(6-8-12)13(16)15(3)9-10(2)14/h5-8,10H,4,9H2,1-3H3. The third-order valence-electron chi connectivity index (χ3n) is 2.28. The minimum absolute atomic E-state index is 0.0273. The van der Waals surface area contributed by atoms with Gasteiger partial charge in [0.15, 0.2) is 0 Å². The number of carbonyl (C=O) groups is 1. The summed E-state index contributed by atoms with van der Waals surface area (Å²) in [6.45, 7) is 4.95. The molecule has 1 amide bonds. The Morgan fingerprint density at radius 3 is 2.47 bits per heavy atom. The summed E-state index contributed by atoms with van der Waals surface area (Å²) in [5.41, 5.74) is 0.647. The van der Waals surface area contributed by atoms with E-state index in [1.807, 2.05) is 13.8 Å². The Bertz CT molecular complexity index is 362. The SMILES string of the molecule is CCOc1ccc(C(=O)N(C)CC(C)Cl)cc1. The van der Waals surface area contributed by atoms with E-state index in [4.69, 9.17) is 16.3 Å². The van der Waals surface area contributed by atoms with Gasteiger partial charge >= 0.3 is 0 Å². The van der Waals surface area contributed by atoms with Crippen LogP contribution < -0.4 is 4.74 Å². The Labute approximate surface area is 107 Å². The molecule has 0 N–H and O–H groups in total. The first kappa shape index (κ1) is 13.8. The quantitative estimate of drug-likeness (QED) is 0.758. The molecule has 1 aromatic rings. The van der Waals surface area contributed by atoms with Gasteiger partial charge in [0, 0.05) is 24.5 Å². The predicted molar refractivity (Wildman–Crippen MR) is 69.9 cm³/mol. The fourth-order valence-corrected chi connectivity index (χ4v) is 1.75. The summed E-state index contributed by atoms with van der Waals surface area (Å²) in [6, 6.07) is 7.13. The highest BCUT2D eigenvalue weighted by Crippen LogP contribution is 2.13. The summed E-state index contributed by atoms with van der Waals surface area (Å²) in [5.74, 6) is 0.748. The molecule has 0 aliphatic carbocycles. The average Bonchev–Trinajstić information content (AvgIpc) is 2.28. The zero-order valence-corrected chi connectivity index (χ0v) is 11.2. The number of alkyl halides is 1. The van der Waals surface area contributed by atoms with Gasteiger partial charge in [-0.1, -0.05) is 0 Å². The zero-order chi connectivity index (χ0) is 12.8. The Morgan fingerprint density at radius 2 is 2.00 bits per heavy atom. The van der Waals surface area contributed by atoms with E-state index in [2.05, 4.69) is 0 Å². The normalized spacial score (nSPS) is 12.0. The second-order valence-electron chi connectivity index (χ2n) is 3.92. The molecule has 0 saturated carbocycles. The van der Waals surface area contributed by atoms with E-state index >= 15 is 0 Å². The summed E-state index contributed by atoms with van der Waals surface area (Å²) in [6.07, 6.45) is 0. The molecule has 17 heavy (non-hydrogen) atoms. The second-order valence-corrected chi connectivity index (χ2v) is 4.67. The maximum atomic E-state index is 12.0. The first-order chi connectivity index (χ1) is 8.04. The molecule has 94 valence electrons. The molecule has 0 heterocycles. The van der Waals surface area contributed by atoms with Gasteiger partial charge in [0.1, 0.15) is 5.75 Å². The first-order valence-electron chi connectivity index (χ1n) is 5.67. The van der Waals surface area contributed by atoms with Crippen LogP contribution in [0.25, 0.3) is 0 Å². The van der Waals surface area contributed by atoms with Crippen molar-refractivity contribution in [2.75, 3.05) is 20.2 Å². The Balaban J connectivity index is 2.69. The lowest BCUT2D eigenvalue weighted by Gasteiger charge is -2.18. The number of hydrogen-bond donors (Lipinski definition) is 0. The minimum atomic E-state index is -0.0494. The largest absolute Gasteiger partial charge is 0.494 e. The van der Waals surface area contributed by atoms with Crippen molar-refractivity contribution in [3.05, 3.63) is 29.8 Å². The number of nitrogens with zero attached hydrogens (tertiary/aromatic N) is 1. The number of ether oxygens (including phenoxy) is 1. The molecular weight excluding hydrogens is 238 g/mol. The molecule has 0 bridgehead atoms. The van der Waals surface area contributed by atoms with Crippen LogP contribution in [0.15, 0.2) is 24.3 Å². The maximum Gasteiger partial charge on any atom is 0.253 e. The van der Waals surface area contributed by atoms with E-state index < -0.39 is 0 Å². The minimum Gasteiger partial charge on any atom is -0.494 e. The van der Waals surface area contributed by atoms with Gasteiger partial charge in [-0.05, 0) is 38.1 Å². The van der Waals surface area contributed by atoms with E-state index in [0.29, 0.717) is 18.7 Å². The smallest absolute Gasteiger partial charge is 0.253 e. The topological polar surface area (TPSA) is 29.5 Å². The molecule has 3 nitrogen and oxygen atoms in total. The fourth-order valence-electron chi connectivity index (χ4n) is 1.54. The molecule has 0 spiro atoms. The highest BCUT2D eigenvalue weighted by Gasteiger charge is 2.13. The molecular formula is C13H18ClNO2. The van der Waals surface area contributed by atoms with Crippen LogP contribution >= 0.6 is 11.6 Å². The summed E-state index contributed by atoms with van der Waals surface area (Å²) in [7, 11) is 1.75. The lowest BCUT2D eigenvalue weighted by Crippen LogP contribution is -2.31. The van der Waals surface area contributed by atoms with Crippen molar-refractivity contribution >= 4 is 17.5 Å². The molecule has 0 saturated heterocycles. The molecule has 1 atom stereocenters. The van der Waals surface area contributed by atoms with Crippen molar-refractivity contribution in [2.24, 2.45) is 0 Å². The third-order valence-corrected chi connectivity index (χ3v) is 2.42. The van der Waals surface area contributed by atoms with Gasteiger partial charge in [-0.3, -0.25) is 4.79 Å². The number of hydrogen-bond acceptors (Lipinski definition) is 2. The predicted octanol–water partition coefficient (Wildman–Crippen LogP) is 2.78. The molecule has 1 rings (SSSR count). The molecule has 1 unspecified atom stereocenters. The van der Waals surface area contributed by atoms with Crippen LogP contribution in [-0.2, 0) is 0 Å². The number of rotatable bonds is 5. The molecule has 0 fully saturated rings. The van der Waals surface area contributed by atoms with Crippen LogP contribution in [0.2, 0.25) is 0 Å². The summed E-state index contributed by atoms with van der Waals surface area (Å²) >= 11 is 5.86. The van der Waals surface area contributed by atoms with Crippen molar-refractivity contribution in [1.29, 1.82) is 0 Å². The molecule has 4 heteroatoms. The van der Waals surface area contributed by atoms with Gasteiger partial charge in [-0.25, -0.2) is 0 Å². The number of benzene rings is 1. The third kappa shape index (κ3) is 4.27.